The lowest BCUT2D eigenvalue weighted by Crippen LogP contribution is -2.49. The SMILES string of the molecule is CN1C2CCCCCCCCCC2CCCC2CCCCCCCC21. The molecule has 0 aromatic heterocycles. The Morgan fingerprint density at radius 1 is 0.400 bits per heavy atom. The fourth-order valence-electron chi connectivity index (χ4n) is 6.42. The van der Waals surface area contributed by atoms with Crippen LogP contribution in [0.4, 0.5) is 0 Å². The van der Waals surface area contributed by atoms with Gasteiger partial charge >= 0.3 is 0 Å². The molecular formula is C24H45N. The van der Waals surface area contributed by atoms with Crippen LogP contribution in [0, 0.1) is 11.8 Å². The van der Waals surface area contributed by atoms with Crippen molar-refractivity contribution < 1.29 is 0 Å². The molecule has 4 atom stereocenters. The van der Waals surface area contributed by atoms with Gasteiger partial charge in [0.2, 0.25) is 0 Å². The van der Waals surface area contributed by atoms with Gasteiger partial charge in [-0.15, -0.1) is 0 Å². The Labute approximate surface area is 158 Å². The van der Waals surface area contributed by atoms with E-state index in [1.54, 1.807) is 0 Å². The molecule has 1 saturated heterocycles. The summed E-state index contributed by atoms with van der Waals surface area (Å²) in [5.41, 5.74) is 0. The van der Waals surface area contributed by atoms with Crippen molar-refractivity contribution in [2.45, 2.75) is 134 Å². The van der Waals surface area contributed by atoms with Gasteiger partial charge in [0.15, 0.2) is 0 Å². The molecule has 1 aliphatic heterocycles. The standard InChI is InChI=1S/C24H45N/c1-25-23-19-12-8-4-2-3-6-10-15-21(23)17-14-18-22-16-11-7-5-9-13-20-24(22)25/h21-24H,2-20H2,1H3. The van der Waals surface area contributed by atoms with Crippen LogP contribution in [0.25, 0.3) is 0 Å². The minimum Gasteiger partial charge on any atom is -0.300 e. The topological polar surface area (TPSA) is 3.24 Å². The molecular weight excluding hydrogens is 302 g/mol. The van der Waals surface area contributed by atoms with Gasteiger partial charge in [-0.2, -0.15) is 0 Å². The Morgan fingerprint density at radius 2 is 0.720 bits per heavy atom. The molecule has 1 nitrogen and oxygen atoms in total. The molecule has 0 amide bonds. The smallest absolute Gasteiger partial charge is 0.0123 e. The summed E-state index contributed by atoms with van der Waals surface area (Å²) in [6.45, 7) is 0. The number of rotatable bonds is 0. The lowest BCUT2D eigenvalue weighted by molar-refractivity contribution is 0.0420. The zero-order valence-electron chi connectivity index (χ0n) is 17.2. The van der Waals surface area contributed by atoms with Gasteiger partial charge in [-0.05, 0) is 57.4 Å². The van der Waals surface area contributed by atoms with E-state index in [1.165, 1.54) is 122 Å². The number of hydrogen-bond donors (Lipinski definition) is 0. The van der Waals surface area contributed by atoms with Crippen molar-refractivity contribution in [2.24, 2.45) is 11.8 Å². The second kappa shape index (κ2) is 11.0. The van der Waals surface area contributed by atoms with E-state index in [9.17, 15) is 0 Å². The molecule has 0 aromatic carbocycles. The number of likely N-dealkylation sites (tertiary alicyclic amines) is 1. The predicted molar refractivity (Wildman–Crippen MR) is 110 cm³/mol. The van der Waals surface area contributed by atoms with E-state index in [2.05, 4.69) is 11.9 Å². The fourth-order valence-corrected chi connectivity index (χ4v) is 6.42. The molecule has 0 spiro atoms. The average Bonchev–Trinajstić information content (AvgIpc) is 2.68. The lowest BCUT2D eigenvalue weighted by atomic mass is 9.77. The van der Waals surface area contributed by atoms with Crippen LogP contribution in [-0.2, 0) is 0 Å². The van der Waals surface area contributed by atoms with Gasteiger partial charge in [-0.1, -0.05) is 83.5 Å². The minimum atomic E-state index is 0.895. The maximum atomic E-state index is 2.96. The van der Waals surface area contributed by atoms with Gasteiger partial charge < -0.3 is 0 Å². The van der Waals surface area contributed by atoms with Crippen LogP contribution in [0.2, 0.25) is 0 Å². The molecule has 3 aliphatic rings. The maximum Gasteiger partial charge on any atom is 0.0123 e. The van der Waals surface area contributed by atoms with Crippen LogP contribution in [0.15, 0.2) is 0 Å². The molecule has 0 radical (unpaired) electrons. The molecule has 1 heterocycles. The van der Waals surface area contributed by atoms with Gasteiger partial charge in [0.05, 0.1) is 0 Å². The van der Waals surface area contributed by atoms with Gasteiger partial charge in [0.25, 0.3) is 0 Å². The summed E-state index contributed by atoms with van der Waals surface area (Å²) in [5.74, 6) is 2.00. The Balaban J connectivity index is 1.72. The lowest BCUT2D eigenvalue weighted by Gasteiger charge is -2.45. The second-order valence-electron chi connectivity index (χ2n) is 9.65. The molecule has 0 N–H and O–H groups in total. The van der Waals surface area contributed by atoms with E-state index in [1.807, 2.05) is 0 Å². The van der Waals surface area contributed by atoms with E-state index >= 15 is 0 Å². The zero-order valence-corrected chi connectivity index (χ0v) is 17.2. The van der Waals surface area contributed by atoms with Gasteiger partial charge in [0, 0.05) is 12.1 Å². The Morgan fingerprint density at radius 3 is 1.16 bits per heavy atom. The highest BCUT2D eigenvalue weighted by atomic mass is 15.2. The maximum absolute atomic E-state index is 2.96. The van der Waals surface area contributed by atoms with E-state index in [4.69, 9.17) is 0 Å². The third-order valence-electron chi connectivity index (χ3n) is 7.93. The van der Waals surface area contributed by atoms with Crippen molar-refractivity contribution in [1.82, 2.24) is 4.90 Å². The summed E-state index contributed by atoms with van der Waals surface area (Å²) in [6.07, 6.45) is 28.5. The Hall–Kier alpha value is -0.0400. The Kier molecular flexibility index (Phi) is 8.64. The summed E-state index contributed by atoms with van der Waals surface area (Å²) in [7, 11) is 2.54. The van der Waals surface area contributed by atoms with E-state index in [0.717, 1.165) is 23.9 Å². The molecule has 146 valence electrons. The molecule has 3 rings (SSSR count). The molecule has 2 saturated carbocycles. The first-order valence-corrected chi connectivity index (χ1v) is 12.1. The van der Waals surface area contributed by atoms with Gasteiger partial charge in [-0.25, -0.2) is 0 Å². The molecule has 3 fully saturated rings. The largest absolute Gasteiger partial charge is 0.300 e. The third-order valence-corrected chi connectivity index (χ3v) is 7.93. The van der Waals surface area contributed by atoms with Crippen LogP contribution >= 0.6 is 0 Å². The van der Waals surface area contributed by atoms with Crippen LogP contribution in [0.3, 0.4) is 0 Å². The van der Waals surface area contributed by atoms with Crippen molar-refractivity contribution in [3.63, 3.8) is 0 Å². The van der Waals surface area contributed by atoms with Crippen molar-refractivity contribution in [2.75, 3.05) is 7.05 Å². The van der Waals surface area contributed by atoms with Crippen LogP contribution in [0.5, 0.6) is 0 Å². The highest BCUT2D eigenvalue weighted by Crippen LogP contribution is 2.38. The molecule has 25 heavy (non-hydrogen) atoms. The number of fused-ring (bicyclic) bond motifs is 2. The molecule has 1 heteroatoms. The van der Waals surface area contributed by atoms with Crippen molar-refractivity contribution in [1.29, 1.82) is 0 Å². The summed E-state index contributed by atoms with van der Waals surface area (Å²) in [5, 5.41) is 0. The summed E-state index contributed by atoms with van der Waals surface area (Å²) >= 11 is 0. The van der Waals surface area contributed by atoms with E-state index in [0.29, 0.717) is 0 Å². The fraction of sp³-hybridized carbons (Fsp3) is 1.00. The predicted octanol–water partition coefficient (Wildman–Crippen LogP) is 7.34. The van der Waals surface area contributed by atoms with Crippen LogP contribution < -0.4 is 0 Å². The normalized spacial score (nSPS) is 37.8. The minimum absolute atomic E-state index is 0.895. The zero-order chi connectivity index (χ0) is 17.3. The quantitative estimate of drug-likeness (QED) is 0.443. The van der Waals surface area contributed by atoms with Crippen LogP contribution in [0.1, 0.15) is 122 Å². The van der Waals surface area contributed by atoms with E-state index in [-0.39, 0.29) is 0 Å². The first kappa shape index (κ1) is 19.7. The van der Waals surface area contributed by atoms with Crippen molar-refractivity contribution >= 4 is 0 Å². The van der Waals surface area contributed by atoms with Gasteiger partial charge in [0.1, 0.15) is 0 Å². The second-order valence-corrected chi connectivity index (χ2v) is 9.65. The third kappa shape index (κ3) is 5.98. The summed E-state index contributed by atoms with van der Waals surface area (Å²) in [6, 6.07) is 1.79. The Bertz CT molecular complexity index is 352. The van der Waals surface area contributed by atoms with Crippen molar-refractivity contribution in [3.05, 3.63) is 0 Å². The highest BCUT2D eigenvalue weighted by molar-refractivity contribution is 4.89. The molecule has 0 aromatic rings. The molecule has 4 unspecified atom stereocenters. The van der Waals surface area contributed by atoms with Crippen LogP contribution in [-0.4, -0.2) is 24.0 Å². The average molecular weight is 348 g/mol. The highest BCUT2D eigenvalue weighted by Gasteiger charge is 2.35. The first-order valence-electron chi connectivity index (χ1n) is 12.1. The van der Waals surface area contributed by atoms with Crippen molar-refractivity contribution in [3.8, 4) is 0 Å². The molecule has 0 bridgehead atoms. The number of hydrogen-bond acceptors (Lipinski definition) is 1. The summed E-state index contributed by atoms with van der Waals surface area (Å²) < 4.78 is 0. The summed E-state index contributed by atoms with van der Waals surface area (Å²) in [4.78, 5) is 2.96. The molecule has 2 aliphatic carbocycles. The van der Waals surface area contributed by atoms with E-state index < -0.39 is 0 Å². The number of nitrogens with zero attached hydrogens (tertiary/aromatic N) is 1. The first-order chi connectivity index (χ1) is 12.4. The monoisotopic (exact) mass is 347 g/mol. The van der Waals surface area contributed by atoms with Gasteiger partial charge in [-0.3, -0.25) is 4.90 Å².